The summed E-state index contributed by atoms with van der Waals surface area (Å²) in [5.41, 5.74) is -0.552. The molecule has 0 unspecified atom stereocenters. The highest BCUT2D eigenvalue weighted by Crippen LogP contribution is 2.09. The molecule has 0 aromatic rings. The van der Waals surface area contributed by atoms with Gasteiger partial charge in [-0.25, -0.2) is 4.79 Å². The topological polar surface area (TPSA) is 58.6 Å². The van der Waals surface area contributed by atoms with Crippen LogP contribution >= 0.6 is 0 Å². The first-order chi connectivity index (χ1) is 7.26. The van der Waals surface area contributed by atoms with Gasteiger partial charge in [-0.15, -0.1) is 6.58 Å². The molecule has 0 fully saturated rings. The van der Waals surface area contributed by atoms with Gasteiger partial charge in [-0.2, -0.15) is 0 Å². The Kier molecular flexibility index (Phi) is 5.64. The molecule has 0 aromatic carbocycles. The second-order valence-corrected chi connectivity index (χ2v) is 4.56. The summed E-state index contributed by atoms with van der Waals surface area (Å²) >= 11 is 0. The van der Waals surface area contributed by atoms with Gasteiger partial charge in [0, 0.05) is 0 Å². The monoisotopic (exact) mass is 227 g/mol. The molecule has 0 heterocycles. The Balaban J connectivity index is 4.23. The Morgan fingerprint density at radius 1 is 1.56 bits per heavy atom. The van der Waals surface area contributed by atoms with Crippen LogP contribution in [-0.2, 0) is 4.74 Å². The van der Waals surface area contributed by atoms with Gasteiger partial charge in [0.05, 0.1) is 6.04 Å². The Morgan fingerprint density at radius 2 is 2.12 bits per heavy atom. The first-order valence-electron chi connectivity index (χ1n) is 5.24. The molecule has 1 amide bonds. The van der Waals surface area contributed by atoms with Crippen molar-refractivity contribution >= 4 is 6.09 Å². The number of aliphatic hydroxyl groups is 1. The van der Waals surface area contributed by atoms with Crippen molar-refractivity contribution in [3.63, 3.8) is 0 Å². The van der Waals surface area contributed by atoms with E-state index in [4.69, 9.17) is 4.74 Å². The Morgan fingerprint density at radius 3 is 2.50 bits per heavy atom. The Hall–Kier alpha value is -1.45. The largest absolute Gasteiger partial charge is 0.511 e. The maximum absolute atomic E-state index is 11.4. The Labute approximate surface area is 97.0 Å². The van der Waals surface area contributed by atoms with Crippen molar-refractivity contribution in [2.45, 2.75) is 45.3 Å². The average molecular weight is 227 g/mol. The van der Waals surface area contributed by atoms with Crippen LogP contribution in [0.15, 0.2) is 25.0 Å². The van der Waals surface area contributed by atoms with Crippen molar-refractivity contribution in [1.82, 2.24) is 5.32 Å². The fourth-order valence-electron chi connectivity index (χ4n) is 1.06. The Bertz CT molecular complexity index is 266. The molecule has 0 aromatic heterocycles. The van der Waals surface area contributed by atoms with E-state index < -0.39 is 17.7 Å². The van der Waals surface area contributed by atoms with Crippen molar-refractivity contribution < 1.29 is 14.6 Å². The molecule has 2 N–H and O–H groups in total. The number of hydrogen-bond acceptors (Lipinski definition) is 3. The van der Waals surface area contributed by atoms with Crippen molar-refractivity contribution in [3.05, 3.63) is 25.0 Å². The number of nitrogens with one attached hydrogen (secondary N) is 1. The van der Waals surface area contributed by atoms with Gasteiger partial charge in [-0.05, 0) is 33.6 Å². The second-order valence-electron chi connectivity index (χ2n) is 4.56. The van der Waals surface area contributed by atoms with Gasteiger partial charge < -0.3 is 15.2 Å². The SMILES string of the molecule is C=CCC[C@@H](NC(=O)OC(C)(C)C)C(=C)O. The van der Waals surface area contributed by atoms with Gasteiger partial charge in [0.15, 0.2) is 0 Å². The van der Waals surface area contributed by atoms with E-state index in [1.807, 2.05) is 0 Å². The van der Waals surface area contributed by atoms with Crippen molar-refractivity contribution in [3.8, 4) is 0 Å². The molecule has 0 saturated heterocycles. The van der Waals surface area contributed by atoms with Gasteiger partial charge in [-0.3, -0.25) is 0 Å². The molecule has 1 atom stereocenters. The molecule has 0 aliphatic heterocycles. The van der Waals surface area contributed by atoms with Crippen LogP contribution in [0.5, 0.6) is 0 Å². The lowest BCUT2D eigenvalue weighted by Crippen LogP contribution is -2.39. The van der Waals surface area contributed by atoms with E-state index in [1.54, 1.807) is 26.8 Å². The van der Waals surface area contributed by atoms with Crippen LogP contribution < -0.4 is 5.32 Å². The lowest BCUT2D eigenvalue weighted by Gasteiger charge is -2.23. The third kappa shape index (κ3) is 6.92. The van der Waals surface area contributed by atoms with Crippen LogP contribution in [0.1, 0.15) is 33.6 Å². The molecule has 0 aliphatic carbocycles. The van der Waals surface area contributed by atoms with Gasteiger partial charge in [0.25, 0.3) is 0 Å². The lowest BCUT2D eigenvalue weighted by atomic mass is 10.1. The standard InChI is InChI=1S/C12H21NO3/c1-6-7-8-10(9(2)14)13-11(15)16-12(3,4)5/h6,10,14H,1-2,7-8H2,3-5H3,(H,13,15)/t10-/m1/s1. The predicted molar refractivity (Wildman–Crippen MR) is 64.4 cm³/mol. The second kappa shape index (κ2) is 6.20. The normalized spacial score (nSPS) is 12.7. The van der Waals surface area contributed by atoms with Crippen molar-refractivity contribution in [1.29, 1.82) is 0 Å². The molecular formula is C12H21NO3. The molecule has 0 radical (unpaired) electrons. The molecule has 4 nitrogen and oxygen atoms in total. The summed E-state index contributed by atoms with van der Waals surface area (Å²) in [6.07, 6.45) is 2.39. The third-order valence-corrected chi connectivity index (χ3v) is 1.75. The van der Waals surface area contributed by atoms with E-state index in [0.29, 0.717) is 12.8 Å². The molecule has 4 heteroatoms. The first-order valence-corrected chi connectivity index (χ1v) is 5.24. The van der Waals surface area contributed by atoms with Crippen LogP contribution in [0.25, 0.3) is 0 Å². The average Bonchev–Trinajstić information content (AvgIpc) is 2.08. The van der Waals surface area contributed by atoms with Crippen LogP contribution in [0.2, 0.25) is 0 Å². The lowest BCUT2D eigenvalue weighted by molar-refractivity contribution is 0.0499. The van der Waals surface area contributed by atoms with Gasteiger partial charge >= 0.3 is 6.09 Å². The summed E-state index contributed by atoms with van der Waals surface area (Å²) in [7, 11) is 0. The summed E-state index contributed by atoms with van der Waals surface area (Å²) < 4.78 is 5.07. The van der Waals surface area contributed by atoms with Gasteiger partial charge in [0.1, 0.15) is 11.4 Å². The van der Waals surface area contributed by atoms with Gasteiger partial charge in [0.2, 0.25) is 0 Å². The maximum atomic E-state index is 11.4. The number of carbonyl (C=O) groups excluding carboxylic acids is 1. The summed E-state index contributed by atoms with van der Waals surface area (Å²) in [5.74, 6) is -0.0762. The van der Waals surface area contributed by atoms with Crippen LogP contribution in [0.4, 0.5) is 4.79 Å². The zero-order valence-corrected chi connectivity index (χ0v) is 10.2. The number of rotatable bonds is 5. The third-order valence-electron chi connectivity index (χ3n) is 1.75. The minimum Gasteiger partial charge on any atom is -0.511 e. The van der Waals surface area contributed by atoms with E-state index in [1.165, 1.54) is 0 Å². The summed E-state index contributed by atoms with van der Waals surface area (Å²) in [4.78, 5) is 11.4. The minimum atomic E-state index is -0.559. The highest BCUT2D eigenvalue weighted by atomic mass is 16.6. The molecule has 92 valence electrons. The maximum Gasteiger partial charge on any atom is 0.408 e. The fourth-order valence-corrected chi connectivity index (χ4v) is 1.06. The van der Waals surface area contributed by atoms with Crippen LogP contribution in [0.3, 0.4) is 0 Å². The molecular weight excluding hydrogens is 206 g/mol. The minimum absolute atomic E-state index is 0.0762. The highest BCUT2D eigenvalue weighted by Gasteiger charge is 2.20. The summed E-state index contributed by atoms with van der Waals surface area (Å²) in [6.45, 7) is 12.3. The van der Waals surface area contributed by atoms with Crippen molar-refractivity contribution in [2.75, 3.05) is 0 Å². The number of hydrogen-bond donors (Lipinski definition) is 2. The number of alkyl carbamates (subject to hydrolysis) is 1. The van der Waals surface area contributed by atoms with Crippen LogP contribution in [0, 0.1) is 0 Å². The van der Waals surface area contributed by atoms with Gasteiger partial charge in [-0.1, -0.05) is 12.7 Å². The fraction of sp³-hybridized carbons (Fsp3) is 0.583. The van der Waals surface area contributed by atoms with Crippen LogP contribution in [-0.4, -0.2) is 22.8 Å². The number of carbonyl (C=O) groups is 1. The quantitative estimate of drug-likeness (QED) is 0.561. The summed E-state index contributed by atoms with van der Waals surface area (Å²) in [6, 6.07) is -0.493. The molecule has 0 spiro atoms. The van der Waals surface area contributed by atoms with E-state index in [2.05, 4.69) is 18.5 Å². The molecule has 0 aliphatic rings. The van der Waals surface area contributed by atoms with E-state index in [0.717, 1.165) is 0 Å². The first kappa shape index (κ1) is 14.6. The molecule has 0 rings (SSSR count). The zero-order chi connectivity index (χ0) is 12.8. The highest BCUT2D eigenvalue weighted by molar-refractivity contribution is 5.68. The summed E-state index contributed by atoms with van der Waals surface area (Å²) in [5, 5.41) is 11.8. The predicted octanol–water partition coefficient (Wildman–Crippen LogP) is 2.92. The van der Waals surface area contributed by atoms with E-state index >= 15 is 0 Å². The molecule has 16 heavy (non-hydrogen) atoms. The number of aliphatic hydroxyl groups excluding tert-OH is 1. The number of allylic oxidation sites excluding steroid dienone is 1. The number of ether oxygens (including phenoxy) is 1. The van der Waals surface area contributed by atoms with Crippen molar-refractivity contribution in [2.24, 2.45) is 0 Å². The molecule has 0 saturated carbocycles. The zero-order valence-electron chi connectivity index (χ0n) is 10.2. The van der Waals surface area contributed by atoms with E-state index in [9.17, 15) is 9.90 Å². The van der Waals surface area contributed by atoms with E-state index in [-0.39, 0.29) is 5.76 Å². The number of amides is 1. The molecule has 0 bridgehead atoms. The smallest absolute Gasteiger partial charge is 0.408 e.